The monoisotopic (exact) mass is 222 g/mol. The van der Waals surface area contributed by atoms with Gasteiger partial charge in [0.25, 0.3) is 0 Å². The lowest BCUT2D eigenvalue weighted by Crippen LogP contribution is -2.34. The van der Waals surface area contributed by atoms with Crippen LogP contribution in [0.3, 0.4) is 0 Å². The minimum Gasteiger partial charge on any atom is -0.457 e. The van der Waals surface area contributed by atoms with E-state index in [1.165, 1.54) is 0 Å². The number of esters is 1. The first-order valence-electron chi connectivity index (χ1n) is 3.77. The molecule has 0 radical (unpaired) electrons. The molecule has 13 heavy (non-hydrogen) atoms. The van der Waals surface area contributed by atoms with Crippen LogP contribution in [0.5, 0.6) is 0 Å². The fourth-order valence-electron chi connectivity index (χ4n) is 0.612. The number of carbonyl (C=O) groups excluding carboxylic acids is 1. The average molecular weight is 222 g/mol. The van der Waals surface area contributed by atoms with Crippen LogP contribution in [0.4, 0.5) is 0 Å². The number of nitrogens with two attached hydrogens (primary N) is 2. The van der Waals surface area contributed by atoms with E-state index >= 15 is 0 Å². The number of rotatable bonds is 6. The molecule has 0 aromatic carbocycles. The number of ether oxygens (including phenoxy) is 1. The van der Waals surface area contributed by atoms with Crippen LogP contribution in [0.15, 0.2) is 0 Å². The minimum atomic E-state index is -0.568. The summed E-state index contributed by atoms with van der Waals surface area (Å²) in [5.41, 5.74) is 10.7. The second kappa shape index (κ2) is 7.11. The van der Waals surface area contributed by atoms with Gasteiger partial charge in [-0.3, -0.25) is 4.79 Å². The predicted molar refractivity (Wildman–Crippen MR) is 58.7 cm³/mol. The van der Waals surface area contributed by atoms with Crippen LogP contribution >= 0.6 is 24.0 Å². The molecule has 4 N–H and O–H groups in total. The van der Waals surface area contributed by atoms with Gasteiger partial charge in [0.05, 0.1) is 0 Å². The molecular formula is C7H14N2O2S2. The third kappa shape index (κ3) is 6.80. The number of thiocarbonyl (C=S) groups is 1. The van der Waals surface area contributed by atoms with Crippen molar-refractivity contribution in [3.8, 4) is 0 Å². The molecule has 76 valence electrons. The van der Waals surface area contributed by atoms with Crippen LogP contribution in [0.2, 0.25) is 0 Å². The van der Waals surface area contributed by atoms with Gasteiger partial charge >= 0.3 is 5.97 Å². The standard InChI is InChI=1S/C7H14N2O2S2/c1-13-3-2-5(8)7(10)11-4-6(9)12/h5H,2-4,8H2,1H3,(H2,9,12)/t5-/m0/s1. The molecule has 0 aliphatic rings. The first-order chi connectivity index (χ1) is 6.07. The molecule has 0 amide bonds. The van der Waals surface area contributed by atoms with Gasteiger partial charge in [-0.05, 0) is 18.4 Å². The molecule has 0 saturated heterocycles. The Morgan fingerprint density at radius 1 is 1.69 bits per heavy atom. The maximum Gasteiger partial charge on any atom is 0.323 e. The zero-order valence-corrected chi connectivity index (χ0v) is 9.12. The summed E-state index contributed by atoms with van der Waals surface area (Å²) in [5, 5.41) is 0. The fourth-order valence-corrected chi connectivity index (χ4v) is 1.16. The smallest absolute Gasteiger partial charge is 0.323 e. The van der Waals surface area contributed by atoms with Gasteiger partial charge in [-0.25, -0.2) is 0 Å². The van der Waals surface area contributed by atoms with Crippen molar-refractivity contribution < 1.29 is 9.53 Å². The Bertz CT molecular complexity index is 187. The molecule has 4 nitrogen and oxygen atoms in total. The average Bonchev–Trinajstić information content (AvgIpc) is 2.10. The molecule has 0 rings (SSSR count). The van der Waals surface area contributed by atoms with Crippen molar-refractivity contribution in [1.82, 2.24) is 0 Å². The second-order valence-corrected chi connectivity index (χ2v) is 3.97. The van der Waals surface area contributed by atoms with E-state index in [-0.39, 0.29) is 11.6 Å². The summed E-state index contributed by atoms with van der Waals surface area (Å²) >= 11 is 6.18. The summed E-state index contributed by atoms with van der Waals surface area (Å²) in [7, 11) is 0. The van der Waals surface area contributed by atoms with Crippen LogP contribution in [0.25, 0.3) is 0 Å². The predicted octanol–water partition coefficient (Wildman–Crippen LogP) is -0.104. The molecule has 0 aliphatic carbocycles. The SMILES string of the molecule is CSCC[C@H](N)C(=O)OCC(N)=S. The molecule has 1 atom stereocenters. The first kappa shape index (κ1) is 12.7. The Morgan fingerprint density at radius 3 is 2.77 bits per heavy atom. The van der Waals surface area contributed by atoms with E-state index in [2.05, 4.69) is 12.2 Å². The largest absolute Gasteiger partial charge is 0.457 e. The Hall–Kier alpha value is -0.330. The molecular weight excluding hydrogens is 208 g/mol. The lowest BCUT2D eigenvalue weighted by molar-refractivity contribution is -0.143. The van der Waals surface area contributed by atoms with Gasteiger partial charge in [0, 0.05) is 0 Å². The molecule has 0 bridgehead atoms. The van der Waals surface area contributed by atoms with E-state index in [9.17, 15) is 4.79 Å². The summed E-state index contributed by atoms with van der Waals surface area (Å²) in [6.07, 6.45) is 2.56. The van der Waals surface area contributed by atoms with Crippen LogP contribution in [-0.4, -0.2) is 35.6 Å². The summed E-state index contributed by atoms with van der Waals surface area (Å²) < 4.78 is 4.72. The number of hydrogen-bond donors (Lipinski definition) is 2. The summed E-state index contributed by atoms with van der Waals surface area (Å²) in [5.74, 6) is 0.394. The molecule has 0 spiro atoms. The van der Waals surface area contributed by atoms with Gasteiger partial charge in [0.15, 0.2) is 0 Å². The second-order valence-electron chi connectivity index (χ2n) is 2.46. The molecule has 0 aliphatic heterocycles. The van der Waals surface area contributed by atoms with Crippen molar-refractivity contribution in [3.63, 3.8) is 0 Å². The first-order valence-corrected chi connectivity index (χ1v) is 5.57. The van der Waals surface area contributed by atoms with Crippen LogP contribution in [0.1, 0.15) is 6.42 Å². The maximum absolute atomic E-state index is 11.1. The maximum atomic E-state index is 11.1. The van der Waals surface area contributed by atoms with E-state index in [1.54, 1.807) is 11.8 Å². The fraction of sp³-hybridized carbons (Fsp3) is 0.714. The third-order valence-corrected chi connectivity index (χ3v) is 2.05. The van der Waals surface area contributed by atoms with Gasteiger partial charge in [-0.2, -0.15) is 11.8 Å². The molecule has 0 aromatic rings. The van der Waals surface area contributed by atoms with E-state index in [0.717, 1.165) is 5.75 Å². The highest BCUT2D eigenvalue weighted by Gasteiger charge is 2.14. The zero-order chi connectivity index (χ0) is 10.3. The highest BCUT2D eigenvalue weighted by atomic mass is 32.2. The minimum absolute atomic E-state index is 0.0267. The van der Waals surface area contributed by atoms with Gasteiger partial charge in [-0.15, -0.1) is 0 Å². The molecule has 0 fully saturated rings. The number of thioether (sulfide) groups is 1. The number of carbonyl (C=O) groups is 1. The van der Waals surface area contributed by atoms with Crippen LogP contribution < -0.4 is 11.5 Å². The zero-order valence-electron chi connectivity index (χ0n) is 7.49. The van der Waals surface area contributed by atoms with Gasteiger partial charge in [0.1, 0.15) is 17.6 Å². The third-order valence-electron chi connectivity index (χ3n) is 1.29. The lowest BCUT2D eigenvalue weighted by Gasteiger charge is -2.09. The van der Waals surface area contributed by atoms with Crippen molar-refractivity contribution in [2.75, 3.05) is 18.6 Å². The molecule has 0 aromatic heterocycles. The summed E-state index contributed by atoms with van der Waals surface area (Å²) in [4.78, 5) is 11.2. The van der Waals surface area contributed by atoms with Gasteiger partial charge in [0.2, 0.25) is 0 Å². The molecule has 0 heterocycles. The normalized spacial score (nSPS) is 12.2. The molecule has 0 unspecified atom stereocenters. The summed E-state index contributed by atoms with van der Waals surface area (Å²) in [6, 6.07) is -0.568. The Labute approximate surface area is 87.4 Å². The topological polar surface area (TPSA) is 78.3 Å². The van der Waals surface area contributed by atoms with Gasteiger partial charge < -0.3 is 16.2 Å². The van der Waals surface area contributed by atoms with Crippen molar-refractivity contribution in [1.29, 1.82) is 0 Å². The highest BCUT2D eigenvalue weighted by Crippen LogP contribution is 2.00. The molecule has 0 saturated carbocycles. The highest BCUT2D eigenvalue weighted by molar-refractivity contribution is 7.98. The molecule has 6 heteroatoms. The summed E-state index contributed by atoms with van der Waals surface area (Å²) in [6.45, 7) is -0.0267. The van der Waals surface area contributed by atoms with Crippen molar-refractivity contribution >= 4 is 34.9 Å². The van der Waals surface area contributed by atoms with E-state index in [4.69, 9.17) is 16.2 Å². The van der Waals surface area contributed by atoms with Crippen molar-refractivity contribution in [3.05, 3.63) is 0 Å². The lowest BCUT2D eigenvalue weighted by atomic mass is 10.2. The Balaban J connectivity index is 3.63. The quantitative estimate of drug-likeness (QED) is 0.482. The number of hydrogen-bond acceptors (Lipinski definition) is 5. The van der Waals surface area contributed by atoms with E-state index in [1.807, 2.05) is 6.26 Å². The Morgan fingerprint density at radius 2 is 2.31 bits per heavy atom. The van der Waals surface area contributed by atoms with Crippen LogP contribution in [0, 0.1) is 0 Å². The van der Waals surface area contributed by atoms with E-state index in [0.29, 0.717) is 6.42 Å². The van der Waals surface area contributed by atoms with Crippen molar-refractivity contribution in [2.45, 2.75) is 12.5 Å². The van der Waals surface area contributed by atoms with Gasteiger partial charge in [-0.1, -0.05) is 12.2 Å². The Kier molecular flexibility index (Phi) is 6.93. The van der Waals surface area contributed by atoms with Crippen molar-refractivity contribution in [2.24, 2.45) is 11.5 Å². The van der Waals surface area contributed by atoms with E-state index < -0.39 is 12.0 Å². The van der Waals surface area contributed by atoms with Crippen LogP contribution in [-0.2, 0) is 9.53 Å².